The van der Waals surface area contributed by atoms with E-state index in [0.29, 0.717) is 11.1 Å². The molecule has 0 amide bonds. The van der Waals surface area contributed by atoms with Crippen LogP contribution in [0.5, 0.6) is 0 Å². The van der Waals surface area contributed by atoms with Crippen LogP contribution in [0.15, 0.2) is 34.5 Å². The molecule has 1 aromatic rings. The molecule has 7 nitrogen and oxygen atoms in total. The van der Waals surface area contributed by atoms with Gasteiger partial charge in [-0.1, -0.05) is 22.0 Å². The summed E-state index contributed by atoms with van der Waals surface area (Å²) >= 11 is 3.33. The summed E-state index contributed by atoms with van der Waals surface area (Å²) in [4.78, 5) is 23.0. The van der Waals surface area contributed by atoms with Crippen LogP contribution in [0.25, 0.3) is 11.8 Å². The number of nitrogens with zero attached hydrogens (tertiary/aromatic N) is 1. The van der Waals surface area contributed by atoms with Crippen molar-refractivity contribution >= 4 is 49.6 Å². The Balaban J connectivity index is 2.35. The van der Waals surface area contributed by atoms with Crippen LogP contribution in [0.2, 0.25) is 0 Å². The number of hydrogen-bond donors (Lipinski definition) is 2. The number of rotatable bonds is 3. The third kappa shape index (κ3) is 2.51. The Morgan fingerprint density at radius 2 is 2.15 bits per heavy atom. The van der Waals surface area contributed by atoms with Gasteiger partial charge in [-0.05, 0) is 44.1 Å². The van der Waals surface area contributed by atoms with Crippen molar-refractivity contribution in [3.05, 3.63) is 51.4 Å². The predicted molar refractivity (Wildman–Crippen MR) is 101 cm³/mol. The van der Waals surface area contributed by atoms with Crippen LogP contribution in [0.3, 0.4) is 0 Å². The molecule has 1 atom stereocenters. The van der Waals surface area contributed by atoms with E-state index in [1.54, 1.807) is 31.9 Å². The SMILES string of the molecule is CC1=CC(Br)=CCC1(C)S(=O)(=O)n1c(C(=O)O)cc2c1C(=C=O)NC=C2. The number of aromatic nitrogens is 1. The largest absolute Gasteiger partial charge is 0.477 e. The number of fused-ring (bicyclic) bond motifs is 1. The minimum Gasteiger partial charge on any atom is -0.477 e. The quantitative estimate of drug-likeness (QED) is 0.702. The van der Waals surface area contributed by atoms with E-state index in [1.807, 2.05) is 0 Å². The molecule has 1 unspecified atom stereocenters. The van der Waals surface area contributed by atoms with Gasteiger partial charge in [-0.2, -0.15) is 0 Å². The summed E-state index contributed by atoms with van der Waals surface area (Å²) in [6, 6.07) is 1.24. The van der Waals surface area contributed by atoms with Gasteiger partial charge in [0.1, 0.15) is 16.1 Å². The van der Waals surface area contributed by atoms with Gasteiger partial charge in [0.2, 0.25) is 10.0 Å². The Labute approximate surface area is 158 Å². The number of carbonyl (C=O) groups is 1. The van der Waals surface area contributed by atoms with Gasteiger partial charge in [-0.3, -0.25) is 0 Å². The van der Waals surface area contributed by atoms with Crippen LogP contribution >= 0.6 is 15.9 Å². The monoisotopic (exact) mass is 438 g/mol. The fraction of sp³-hybridized carbons (Fsp3) is 0.235. The second-order valence-electron chi connectivity index (χ2n) is 6.21. The second-order valence-corrected chi connectivity index (χ2v) is 9.35. The summed E-state index contributed by atoms with van der Waals surface area (Å²) < 4.78 is 27.3. The predicted octanol–water partition coefficient (Wildman–Crippen LogP) is 2.50. The number of carboxylic acid groups (broad SMARTS) is 1. The van der Waals surface area contributed by atoms with Crippen molar-refractivity contribution in [3.63, 3.8) is 0 Å². The van der Waals surface area contributed by atoms with Gasteiger partial charge in [0, 0.05) is 16.2 Å². The smallest absolute Gasteiger partial charge is 0.353 e. The van der Waals surface area contributed by atoms with Crippen molar-refractivity contribution in [1.82, 2.24) is 9.29 Å². The van der Waals surface area contributed by atoms with Crippen molar-refractivity contribution in [2.24, 2.45) is 0 Å². The summed E-state index contributed by atoms with van der Waals surface area (Å²) in [5.74, 6) is 0.247. The first kappa shape index (κ1) is 18.4. The van der Waals surface area contributed by atoms with E-state index < -0.39 is 26.4 Å². The number of halogens is 1. The number of carboxylic acids is 1. The normalized spacial score (nSPS) is 22.0. The molecular formula is C17H15BrN2O5S. The molecule has 2 N–H and O–H groups in total. The molecule has 1 aromatic heterocycles. The number of hydrogen-bond acceptors (Lipinski definition) is 5. The third-order valence-electron chi connectivity index (χ3n) is 4.72. The van der Waals surface area contributed by atoms with E-state index in [2.05, 4.69) is 21.2 Å². The van der Waals surface area contributed by atoms with Crippen LogP contribution in [0, 0.1) is 0 Å². The van der Waals surface area contributed by atoms with Crippen LogP contribution in [-0.4, -0.2) is 34.2 Å². The van der Waals surface area contributed by atoms with E-state index in [-0.39, 0.29) is 17.8 Å². The lowest BCUT2D eigenvalue weighted by molar-refractivity contribution is 0.0689. The molecule has 0 radical (unpaired) electrons. The van der Waals surface area contributed by atoms with Gasteiger partial charge < -0.3 is 10.4 Å². The van der Waals surface area contributed by atoms with Crippen molar-refractivity contribution < 1.29 is 23.1 Å². The van der Waals surface area contributed by atoms with E-state index in [4.69, 9.17) is 0 Å². The summed E-state index contributed by atoms with van der Waals surface area (Å²) in [5.41, 5.74) is 0.292. The Morgan fingerprint density at radius 1 is 1.46 bits per heavy atom. The van der Waals surface area contributed by atoms with Gasteiger partial charge >= 0.3 is 5.97 Å². The first-order valence-corrected chi connectivity index (χ1v) is 9.84. The van der Waals surface area contributed by atoms with Gasteiger partial charge in [-0.15, -0.1) is 0 Å². The molecule has 9 heteroatoms. The first-order valence-electron chi connectivity index (χ1n) is 7.60. The van der Waals surface area contributed by atoms with E-state index >= 15 is 0 Å². The molecule has 0 bridgehead atoms. The average Bonchev–Trinajstić information content (AvgIpc) is 2.99. The molecule has 1 aliphatic heterocycles. The van der Waals surface area contributed by atoms with Gasteiger partial charge in [0.25, 0.3) is 0 Å². The second kappa shape index (κ2) is 6.12. The van der Waals surface area contributed by atoms with Crippen molar-refractivity contribution in [3.8, 4) is 0 Å². The fourth-order valence-electron chi connectivity index (χ4n) is 3.03. The maximum absolute atomic E-state index is 13.6. The lowest BCUT2D eigenvalue weighted by Gasteiger charge is -2.33. The van der Waals surface area contributed by atoms with Crippen molar-refractivity contribution in [2.45, 2.75) is 25.0 Å². The lowest BCUT2D eigenvalue weighted by Crippen LogP contribution is -2.43. The molecule has 0 saturated carbocycles. The van der Waals surface area contributed by atoms with Gasteiger partial charge in [0.15, 0.2) is 5.94 Å². The third-order valence-corrected chi connectivity index (χ3v) is 7.76. The lowest BCUT2D eigenvalue weighted by atomic mass is 9.94. The molecule has 0 spiro atoms. The molecule has 0 fully saturated rings. The number of nitrogens with one attached hydrogen (secondary N) is 1. The zero-order valence-corrected chi connectivity index (χ0v) is 16.3. The molecule has 0 aromatic carbocycles. The Hall–Kier alpha value is -2.35. The number of carbonyl (C=O) groups excluding carboxylic acids is 1. The maximum Gasteiger partial charge on any atom is 0.353 e. The zero-order valence-electron chi connectivity index (χ0n) is 13.9. The van der Waals surface area contributed by atoms with E-state index in [9.17, 15) is 23.1 Å². The first-order chi connectivity index (χ1) is 12.1. The van der Waals surface area contributed by atoms with E-state index in [1.165, 1.54) is 18.3 Å². The standard InChI is InChI=1S/C17H15BrN2O5S/c1-10-7-12(18)3-5-17(10,2)26(24,25)20-14(16(22)23)8-11-4-6-19-13(9-21)15(11)20/h3-4,6-8,19H,5H2,1-2H3,(H,22,23). The summed E-state index contributed by atoms with van der Waals surface area (Å²) in [7, 11) is -4.22. The zero-order chi connectivity index (χ0) is 19.3. The molecule has 3 rings (SSSR count). The highest BCUT2D eigenvalue weighted by Gasteiger charge is 2.46. The molecule has 2 aliphatic rings. The average molecular weight is 439 g/mol. The topological polar surface area (TPSA) is 105 Å². The number of allylic oxidation sites excluding steroid dienone is 3. The summed E-state index contributed by atoms with van der Waals surface area (Å²) in [6.45, 7) is 3.22. The highest BCUT2D eigenvalue weighted by atomic mass is 79.9. The Kier molecular flexibility index (Phi) is 4.34. The molecule has 0 saturated heterocycles. The van der Waals surface area contributed by atoms with Crippen LogP contribution in [0.4, 0.5) is 0 Å². The van der Waals surface area contributed by atoms with E-state index in [0.717, 1.165) is 8.45 Å². The maximum atomic E-state index is 13.6. The van der Waals surface area contributed by atoms with Crippen molar-refractivity contribution in [2.75, 3.05) is 0 Å². The number of aromatic carboxylic acids is 1. The molecule has 26 heavy (non-hydrogen) atoms. The van der Waals surface area contributed by atoms with Gasteiger partial charge in [-0.25, -0.2) is 22.0 Å². The summed E-state index contributed by atoms with van der Waals surface area (Å²) in [6.07, 6.45) is 6.50. The highest BCUT2D eigenvalue weighted by molar-refractivity contribution is 9.11. The minimum absolute atomic E-state index is 0.0254. The molecular weight excluding hydrogens is 424 g/mol. The summed E-state index contributed by atoms with van der Waals surface area (Å²) in [5, 5.41) is 12.2. The Morgan fingerprint density at radius 3 is 2.73 bits per heavy atom. The van der Waals surface area contributed by atoms with Gasteiger partial charge in [0.05, 0.1) is 5.69 Å². The van der Waals surface area contributed by atoms with Crippen LogP contribution in [-0.2, 0) is 14.8 Å². The molecule has 2 heterocycles. The van der Waals surface area contributed by atoms with Crippen LogP contribution in [0.1, 0.15) is 42.0 Å². The fourth-order valence-corrected chi connectivity index (χ4v) is 5.52. The molecule has 1 aliphatic carbocycles. The van der Waals surface area contributed by atoms with Crippen molar-refractivity contribution in [1.29, 1.82) is 0 Å². The van der Waals surface area contributed by atoms with Crippen LogP contribution < -0.4 is 5.32 Å². The highest BCUT2D eigenvalue weighted by Crippen LogP contribution is 2.40. The Bertz CT molecular complexity index is 1070. The molecule has 136 valence electrons. The minimum atomic E-state index is -4.22.